The average molecular weight is 301 g/mol. The summed E-state index contributed by atoms with van der Waals surface area (Å²) in [5, 5.41) is 0. The van der Waals surface area contributed by atoms with E-state index in [0.29, 0.717) is 0 Å². The van der Waals surface area contributed by atoms with Crippen molar-refractivity contribution in [3.63, 3.8) is 0 Å². The molecule has 2 aromatic rings. The molecule has 0 fully saturated rings. The van der Waals surface area contributed by atoms with Crippen LogP contribution in [0.3, 0.4) is 0 Å². The lowest BCUT2D eigenvalue weighted by atomic mass is 10.1. The second kappa shape index (κ2) is 5.55. The molecule has 1 aromatic carbocycles. The Morgan fingerprint density at radius 2 is 1.95 bits per heavy atom. The van der Waals surface area contributed by atoms with Gasteiger partial charge in [0.1, 0.15) is 17.6 Å². The van der Waals surface area contributed by atoms with Crippen LogP contribution in [0.1, 0.15) is 18.2 Å². The third-order valence-corrected chi connectivity index (χ3v) is 2.68. The van der Waals surface area contributed by atoms with Crippen LogP contribution in [0, 0.1) is 5.82 Å². The van der Waals surface area contributed by atoms with E-state index in [4.69, 9.17) is 10.5 Å². The maximum absolute atomic E-state index is 13.9. The molecule has 0 aliphatic carbocycles. The van der Waals surface area contributed by atoms with Crippen molar-refractivity contribution in [3.8, 4) is 11.6 Å². The normalized spacial score (nSPS) is 11.5. The molecule has 0 aliphatic heterocycles. The van der Waals surface area contributed by atoms with Gasteiger partial charge in [-0.05, 0) is 24.6 Å². The van der Waals surface area contributed by atoms with Crippen LogP contribution in [0.25, 0.3) is 0 Å². The summed E-state index contributed by atoms with van der Waals surface area (Å²) in [6, 6.07) is 2.96. The van der Waals surface area contributed by atoms with Gasteiger partial charge in [0.05, 0.1) is 5.69 Å². The summed E-state index contributed by atoms with van der Waals surface area (Å²) in [6.45, 7) is 1.65. The fraction of sp³-hybridized carbons (Fsp3) is 0.231. The van der Waals surface area contributed by atoms with E-state index in [1.165, 1.54) is 6.07 Å². The lowest BCUT2D eigenvalue weighted by molar-refractivity contribution is -0.138. The van der Waals surface area contributed by atoms with E-state index in [1.54, 1.807) is 6.92 Å². The Hall–Kier alpha value is -2.38. The summed E-state index contributed by atoms with van der Waals surface area (Å²) in [5.41, 5.74) is 4.22. The highest BCUT2D eigenvalue weighted by molar-refractivity contribution is 5.50. The monoisotopic (exact) mass is 301 g/mol. The van der Waals surface area contributed by atoms with Crippen LogP contribution >= 0.6 is 0 Å². The molecule has 0 atom stereocenters. The first-order chi connectivity index (χ1) is 9.82. The molecule has 0 saturated carbocycles. The first kappa shape index (κ1) is 15.0. The number of hydrogen-bond acceptors (Lipinski definition) is 4. The van der Waals surface area contributed by atoms with E-state index in [9.17, 15) is 17.6 Å². The maximum Gasteiger partial charge on any atom is 0.420 e. The van der Waals surface area contributed by atoms with Gasteiger partial charge in [-0.1, -0.05) is 6.92 Å². The Labute approximate surface area is 117 Å². The molecule has 0 amide bonds. The highest BCUT2D eigenvalue weighted by atomic mass is 19.4. The molecule has 4 nitrogen and oxygen atoms in total. The minimum atomic E-state index is -4.68. The molecule has 2 N–H and O–H groups in total. The number of hydrogen-bond donors (Lipinski definition) is 1. The molecule has 2 rings (SSSR count). The highest BCUT2D eigenvalue weighted by Crippen LogP contribution is 2.39. The van der Waals surface area contributed by atoms with Crippen LogP contribution in [0.5, 0.6) is 11.6 Å². The number of alkyl halides is 3. The molecule has 0 bridgehead atoms. The number of aryl methyl sites for hydroxylation is 1. The van der Waals surface area contributed by atoms with Crippen molar-refractivity contribution in [2.24, 2.45) is 0 Å². The molecule has 8 heteroatoms. The van der Waals surface area contributed by atoms with E-state index >= 15 is 0 Å². The molecule has 0 spiro atoms. The van der Waals surface area contributed by atoms with Crippen molar-refractivity contribution in [1.82, 2.24) is 9.97 Å². The van der Waals surface area contributed by atoms with Gasteiger partial charge in [0.2, 0.25) is 5.82 Å². The van der Waals surface area contributed by atoms with Crippen molar-refractivity contribution in [2.75, 3.05) is 5.73 Å². The average Bonchev–Trinajstić information content (AvgIpc) is 2.42. The van der Waals surface area contributed by atoms with Crippen molar-refractivity contribution < 1.29 is 22.3 Å². The van der Waals surface area contributed by atoms with Crippen molar-refractivity contribution in [2.45, 2.75) is 19.5 Å². The van der Waals surface area contributed by atoms with Crippen LogP contribution in [0.2, 0.25) is 0 Å². The Balaban J connectivity index is 2.45. The minimum absolute atomic E-state index is 0.0593. The molecule has 0 aliphatic rings. The summed E-state index contributed by atoms with van der Waals surface area (Å²) in [4.78, 5) is 7.20. The lowest BCUT2D eigenvalue weighted by Gasteiger charge is -2.14. The van der Waals surface area contributed by atoms with Crippen molar-refractivity contribution >= 4 is 5.69 Å². The molecule has 0 radical (unpaired) electrons. The number of ether oxygens (including phenoxy) is 1. The Bertz CT molecular complexity index is 658. The highest BCUT2D eigenvalue weighted by Gasteiger charge is 2.35. The van der Waals surface area contributed by atoms with Crippen LogP contribution < -0.4 is 10.5 Å². The fourth-order valence-corrected chi connectivity index (χ4v) is 1.67. The second-order valence-electron chi connectivity index (χ2n) is 4.15. The topological polar surface area (TPSA) is 61.0 Å². The largest absolute Gasteiger partial charge is 0.436 e. The molecule has 0 saturated heterocycles. The summed E-state index contributed by atoms with van der Waals surface area (Å²) >= 11 is 0. The van der Waals surface area contributed by atoms with Crippen molar-refractivity contribution in [1.29, 1.82) is 0 Å². The number of rotatable bonds is 3. The zero-order valence-corrected chi connectivity index (χ0v) is 10.9. The van der Waals surface area contributed by atoms with Gasteiger partial charge in [-0.25, -0.2) is 4.98 Å². The SMILES string of the molecule is CCc1ncnc(Oc2ccc(N)cc2C(F)(F)F)c1F. The Kier molecular flexibility index (Phi) is 3.97. The third kappa shape index (κ3) is 3.21. The predicted octanol–water partition coefficient (Wildman–Crippen LogP) is 3.57. The zero-order valence-electron chi connectivity index (χ0n) is 10.9. The van der Waals surface area contributed by atoms with Gasteiger partial charge in [0, 0.05) is 5.69 Å². The Morgan fingerprint density at radius 1 is 1.24 bits per heavy atom. The molecular weight excluding hydrogens is 290 g/mol. The summed E-state index contributed by atoms with van der Waals surface area (Å²) in [6.07, 6.45) is -3.39. The number of nitrogens with two attached hydrogens (primary N) is 1. The fourth-order valence-electron chi connectivity index (χ4n) is 1.67. The summed E-state index contributed by atoms with van der Waals surface area (Å²) in [7, 11) is 0. The summed E-state index contributed by atoms with van der Waals surface area (Å²) < 4.78 is 57.6. The van der Waals surface area contributed by atoms with E-state index in [0.717, 1.165) is 18.5 Å². The van der Waals surface area contributed by atoms with Crippen LogP contribution in [-0.2, 0) is 12.6 Å². The van der Waals surface area contributed by atoms with E-state index in [1.807, 2.05) is 0 Å². The number of aromatic nitrogens is 2. The number of anilines is 1. The predicted molar refractivity (Wildman–Crippen MR) is 67.3 cm³/mol. The number of nitrogen functional groups attached to an aromatic ring is 1. The van der Waals surface area contributed by atoms with Gasteiger partial charge >= 0.3 is 6.18 Å². The van der Waals surface area contributed by atoms with Crippen molar-refractivity contribution in [3.05, 3.63) is 41.6 Å². The van der Waals surface area contributed by atoms with Crippen LogP contribution in [-0.4, -0.2) is 9.97 Å². The van der Waals surface area contributed by atoms with E-state index in [-0.39, 0.29) is 17.8 Å². The zero-order chi connectivity index (χ0) is 15.6. The van der Waals surface area contributed by atoms with Crippen LogP contribution in [0.15, 0.2) is 24.5 Å². The first-order valence-corrected chi connectivity index (χ1v) is 5.97. The van der Waals surface area contributed by atoms with Crippen LogP contribution in [0.4, 0.5) is 23.2 Å². The molecule has 0 unspecified atom stereocenters. The van der Waals surface area contributed by atoms with Gasteiger partial charge < -0.3 is 10.5 Å². The van der Waals surface area contributed by atoms with Gasteiger partial charge in [0.25, 0.3) is 5.88 Å². The van der Waals surface area contributed by atoms with E-state index in [2.05, 4.69) is 9.97 Å². The number of halogens is 4. The smallest absolute Gasteiger partial charge is 0.420 e. The molecule has 1 aromatic heterocycles. The molecule has 21 heavy (non-hydrogen) atoms. The Morgan fingerprint density at radius 3 is 2.57 bits per heavy atom. The standard InChI is InChI=1S/C13H11F4N3O/c1-2-9-11(14)12(20-6-19-9)21-10-4-3-7(18)5-8(10)13(15,16)17/h3-6H,2,18H2,1H3. The summed E-state index contributed by atoms with van der Waals surface area (Å²) in [5.74, 6) is -2.02. The maximum atomic E-state index is 13.9. The molecule has 112 valence electrons. The third-order valence-electron chi connectivity index (χ3n) is 2.68. The first-order valence-electron chi connectivity index (χ1n) is 5.97. The number of benzene rings is 1. The van der Waals surface area contributed by atoms with Gasteiger partial charge in [0.15, 0.2) is 0 Å². The minimum Gasteiger partial charge on any atom is -0.436 e. The van der Waals surface area contributed by atoms with E-state index < -0.39 is 29.2 Å². The second-order valence-corrected chi connectivity index (χ2v) is 4.15. The molecule has 1 heterocycles. The van der Waals surface area contributed by atoms with Gasteiger partial charge in [-0.3, -0.25) is 0 Å². The lowest BCUT2D eigenvalue weighted by Crippen LogP contribution is -2.09. The quantitative estimate of drug-likeness (QED) is 0.695. The molecular formula is C13H11F4N3O. The van der Waals surface area contributed by atoms with Gasteiger partial charge in [-0.2, -0.15) is 22.5 Å². The van der Waals surface area contributed by atoms with Gasteiger partial charge in [-0.15, -0.1) is 0 Å². The number of nitrogens with zero attached hydrogens (tertiary/aromatic N) is 2.